The predicted octanol–water partition coefficient (Wildman–Crippen LogP) is 1.93. The van der Waals surface area contributed by atoms with Gasteiger partial charge in [0.2, 0.25) is 0 Å². The second-order valence-corrected chi connectivity index (χ2v) is 2.50. The molecule has 54 valence electrons. The van der Waals surface area contributed by atoms with E-state index < -0.39 is 0 Å². The van der Waals surface area contributed by atoms with Crippen LogP contribution in [0.2, 0.25) is 0 Å². The molecule has 0 saturated carbocycles. The number of H-pyrrole nitrogens is 1. The molecule has 0 unspecified atom stereocenters. The first-order valence-electron chi connectivity index (χ1n) is 3.00. The Labute approximate surface area is 71.1 Å². The van der Waals surface area contributed by atoms with E-state index in [-0.39, 0.29) is 7.43 Å². The van der Waals surface area contributed by atoms with Gasteiger partial charge in [-0.3, -0.25) is 0 Å². The predicted molar refractivity (Wildman–Crippen MR) is 46.6 cm³/mol. The van der Waals surface area contributed by atoms with Crippen LogP contribution in [-0.4, -0.2) is 9.97 Å². The average molecular weight is 162 g/mol. The molecule has 0 aliphatic rings. The van der Waals surface area contributed by atoms with Crippen molar-refractivity contribution >= 4 is 23.7 Å². The number of thiol groups is 1. The van der Waals surface area contributed by atoms with E-state index in [9.17, 15) is 0 Å². The van der Waals surface area contributed by atoms with Gasteiger partial charge in [0.25, 0.3) is 0 Å². The van der Waals surface area contributed by atoms with Crippen LogP contribution < -0.4 is 0 Å². The van der Waals surface area contributed by atoms with E-state index in [1.165, 1.54) is 0 Å². The maximum Gasteiger partial charge on any atom is 0.163 e. The van der Waals surface area contributed by atoms with Crippen molar-refractivity contribution in [2.75, 3.05) is 0 Å². The van der Waals surface area contributed by atoms with Crippen molar-refractivity contribution in [1.29, 1.82) is 0 Å². The number of hydrogen-bond acceptors (Lipinski definition) is 2. The van der Waals surface area contributed by atoms with Crippen molar-refractivity contribution in [3.63, 3.8) is 0 Å². The number of imidazole rings is 1. The van der Waals surface area contributed by atoms with Crippen molar-refractivity contribution in [2.24, 2.45) is 0 Å². The second-order valence-electron chi connectivity index (χ2n) is 2.08. The first-order chi connectivity index (χ1) is 4.86. The Morgan fingerprint density at radius 1 is 1.27 bits per heavy atom. The Morgan fingerprint density at radius 3 is 2.73 bits per heavy atom. The third-order valence-electron chi connectivity index (χ3n) is 1.38. The zero-order valence-corrected chi connectivity index (χ0v) is 6.60. The van der Waals surface area contributed by atoms with Gasteiger partial charge in [-0.05, 0) is 12.1 Å². The van der Waals surface area contributed by atoms with Gasteiger partial charge in [0.05, 0.1) is 11.0 Å². The van der Waals surface area contributed by atoms with E-state index in [1.54, 1.807) is 0 Å². The van der Waals surface area contributed by atoms with Crippen LogP contribution in [0.25, 0.3) is 11.0 Å². The Kier molecular flexibility index (Phi) is 2.19. The fourth-order valence-electron chi connectivity index (χ4n) is 0.939. The molecular formula is C8H6N2S. The largest absolute Gasteiger partial charge is 0.333 e. The molecule has 1 aromatic heterocycles. The van der Waals surface area contributed by atoms with Crippen LogP contribution in [0.5, 0.6) is 0 Å². The highest BCUT2D eigenvalue weighted by Crippen LogP contribution is 2.11. The summed E-state index contributed by atoms with van der Waals surface area (Å²) < 4.78 is 0. The maximum atomic E-state index is 4.12. The lowest BCUT2D eigenvalue weighted by atomic mass is 10.3. The zero-order valence-electron chi connectivity index (χ0n) is 5.70. The van der Waals surface area contributed by atoms with Gasteiger partial charge in [0, 0.05) is 7.43 Å². The van der Waals surface area contributed by atoms with Gasteiger partial charge in [-0.15, -0.1) is 12.6 Å². The minimum Gasteiger partial charge on any atom is -0.333 e. The minimum atomic E-state index is 0. The maximum absolute atomic E-state index is 4.12. The number of nitrogens with one attached hydrogen (secondary N) is 1. The van der Waals surface area contributed by atoms with E-state index >= 15 is 0 Å². The minimum absolute atomic E-state index is 0. The van der Waals surface area contributed by atoms with E-state index in [4.69, 9.17) is 0 Å². The quantitative estimate of drug-likeness (QED) is 0.569. The number of para-hydroxylation sites is 2. The molecule has 0 fully saturated rings. The number of fused-ring (bicyclic) bond motifs is 1. The van der Waals surface area contributed by atoms with Gasteiger partial charge in [-0.25, -0.2) is 4.98 Å². The molecular weight excluding hydrogens is 156 g/mol. The monoisotopic (exact) mass is 162 g/mol. The third-order valence-corrected chi connectivity index (χ3v) is 1.59. The van der Waals surface area contributed by atoms with Gasteiger partial charge in [-0.1, -0.05) is 12.1 Å². The highest BCUT2D eigenvalue weighted by atomic mass is 32.1. The molecule has 0 bridgehead atoms. The lowest BCUT2D eigenvalue weighted by Crippen LogP contribution is -1.63. The van der Waals surface area contributed by atoms with Crippen molar-refractivity contribution in [1.82, 2.24) is 9.97 Å². The first-order valence-corrected chi connectivity index (χ1v) is 3.45. The van der Waals surface area contributed by atoms with E-state index in [2.05, 4.69) is 22.6 Å². The third kappa shape index (κ3) is 1.38. The molecule has 0 aliphatic carbocycles. The lowest BCUT2D eigenvalue weighted by Gasteiger charge is -1.81. The second kappa shape index (κ2) is 2.96. The zero-order chi connectivity index (χ0) is 6.97. The normalized spacial score (nSPS) is 9.55. The van der Waals surface area contributed by atoms with Crippen LogP contribution in [0.3, 0.4) is 0 Å². The summed E-state index contributed by atoms with van der Waals surface area (Å²) in [4.78, 5) is 7.13. The van der Waals surface area contributed by atoms with Crippen LogP contribution in [0.15, 0.2) is 29.4 Å². The summed E-state index contributed by atoms with van der Waals surface area (Å²) in [6.07, 6.45) is 0. The fraction of sp³-hybridized carbons (Fsp3) is 0. The summed E-state index contributed by atoms with van der Waals surface area (Å²) in [6, 6.07) is 7.84. The van der Waals surface area contributed by atoms with Gasteiger partial charge in [0.15, 0.2) is 5.16 Å². The highest BCUT2D eigenvalue weighted by molar-refractivity contribution is 7.80. The van der Waals surface area contributed by atoms with Crippen LogP contribution in [-0.2, 0) is 0 Å². The first kappa shape index (κ1) is 8.14. The summed E-state index contributed by atoms with van der Waals surface area (Å²) in [5, 5.41) is 0.668. The Morgan fingerprint density at radius 2 is 2.00 bits per heavy atom. The number of nitrogens with zero attached hydrogens (tertiary/aromatic N) is 1. The van der Waals surface area contributed by atoms with Crippen molar-refractivity contribution in [3.8, 4) is 0 Å². The topological polar surface area (TPSA) is 28.7 Å². The van der Waals surface area contributed by atoms with E-state index in [0.29, 0.717) is 5.16 Å². The summed E-state index contributed by atoms with van der Waals surface area (Å²) in [7, 11) is 0. The number of rotatable bonds is 0. The van der Waals surface area contributed by atoms with Crippen LogP contribution in [0.1, 0.15) is 0 Å². The highest BCUT2D eigenvalue weighted by Gasteiger charge is 1.94. The van der Waals surface area contributed by atoms with E-state index in [0.717, 1.165) is 11.0 Å². The summed E-state index contributed by atoms with van der Waals surface area (Å²) in [6.45, 7) is 0. The van der Waals surface area contributed by atoms with Crippen molar-refractivity contribution in [3.05, 3.63) is 31.7 Å². The van der Waals surface area contributed by atoms with Gasteiger partial charge in [-0.2, -0.15) is 0 Å². The number of aromatic nitrogens is 2. The SMILES string of the molecule is Sc1nc2ccccc2[nH]1.[C]. The smallest absolute Gasteiger partial charge is 0.163 e. The standard InChI is InChI=1S/C7H6N2S.C/c10-7-8-5-3-1-2-4-6(5)9-7;/h1-4H,(H2,8,9,10);. The number of aromatic amines is 1. The van der Waals surface area contributed by atoms with Crippen LogP contribution in [0, 0.1) is 7.43 Å². The molecule has 0 aliphatic heterocycles. The Hall–Kier alpha value is -0.960. The van der Waals surface area contributed by atoms with E-state index in [1.807, 2.05) is 24.3 Å². The molecule has 2 aromatic rings. The summed E-state index contributed by atoms with van der Waals surface area (Å²) in [5.74, 6) is 0. The molecule has 11 heavy (non-hydrogen) atoms. The molecule has 0 saturated heterocycles. The average Bonchev–Trinajstić information content (AvgIpc) is 2.27. The van der Waals surface area contributed by atoms with Crippen molar-refractivity contribution in [2.45, 2.75) is 5.16 Å². The Balaban J connectivity index is 0.000000605. The molecule has 1 N–H and O–H groups in total. The molecule has 2 rings (SSSR count). The number of hydrogen-bond donors (Lipinski definition) is 2. The molecule has 4 radical (unpaired) electrons. The molecule has 0 amide bonds. The lowest BCUT2D eigenvalue weighted by molar-refractivity contribution is 1.09. The van der Waals surface area contributed by atoms with Gasteiger partial charge < -0.3 is 4.98 Å². The van der Waals surface area contributed by atoms with Crippen LogP contribution >= 0.6 is 12.6 Å². The molecule has 3 heteroatoms. The molecule has 0 spiro atoms. The van der Waals surface area contributed by atoms with Crippen LogP contribution in [0.4, 0.5) is 0 Å². The number of benzene rings is 1. The molecule has 1 aromatic carbocycles. The summed E-state index contributed by atoms with van der Waals surface area (Å²) >= 11 is 4.08. The molecule has 1 heterocycles. The Bertz CT molecular complexity index is 321. The molecule has 2 nitrogen and oxygen atoms in total. The van der Waals surface area contributed by atoms with Crippen molar-refractivity contribution < 1.29 is 0 Å². The fourth-order valence-corrected chi connectivity index (χ4v) is 1.17. The molecule has 0 atom stereocenters. The van der Waals surface area contributed by atoms with Gasteiger partial charge >= 0.3 is 0 Å². The van der Waals surface area contributed by atoms with Gasteiger partial charge in [0.1, 0.15) is 0 Å². The summed E-state index contributed by atoms with van der Waals surface area (Å²) in [5.41, 5.74) is 2.00.